The second-order valence-corrected chi connectivity index (χ2v) is 4.48. The fourth-order valence-corrected chi connectivity index (χ4v) is 2.40. The summed E-state index contributed by atoms with van der Waals surface area (Å²) < 4.78 is 0. The number of hydrogen-bond acceptors (Lipinski definition) is 1. The Balaban J connectivity index is 2.01. The van der Waals surface area contributed by atoms with E-state index in [0.29, 0.717) is 0 Å². The number of nitrogens with two attached hydrogens (primary N) is 1. The van der Waals surface area contributed by atoms with E-state index < -0.39 is 0 Å². The van der Waals surface area contributed by atoms with Crippen molar-refractivity contribution in [1.82, 2.24) is 0 Å². The van der Waals surface area contributed by atoms with Crippen LogP contribution in [0, 0.1) is 0 Å². The Bertz CT molecular complexity index is 571. The first kappa shape index (κ1) is 10.2. The van der Waals surface area contributed by atoms with Crippen LogP contribution in [0.3, 0.4) is 0 Å². The van der Waals surface area contributed by atoms with Gasteiger partial charge in [-0.05, 0) is 29.2 Å². The van der Waals surface area contributed by atoms with Crippen molar-refractivity contribution in [3.8, 4) is 0 Å². The largest absolute Gasteiger partial charge is 0.401 e. The summed E-state index contributed by atoms with van der Waals surface area (Å²) in [5, 5.41) is 0. The average molecular weight is 221 g/mol. The van der Waals surface area contributed by atoms with E-state index in [2.05, 4.69) is 54.6 Å². The Hall–Kier alpha value is -2.02. The zero-order valence-electron chi connectivity index (χ0n) is 9.69. The van der Waals surface area contributed by atoms with E-state index >= 15 is 0 Å². The third kappa shape index (κ3) is 1.84. The minimum atomic E-state index is 0.884. The molecule has 0 saturated heterocycles. The first-order valence-electron chi connectivity index (χ1n) is 5.95. The van der Waals surface area contributed by atoms with Crippen molar-refractivity contribution < 1.29 is 0 Å². The van der Waals surface area contributed by atoms with Gasteiger partial charge in [0.15, 0.2) is 0 Å². The summed E-state index contributed by atoms with van der Waals surface area (Å²) in [6.07, 6.45) is 12.6. The Labute approximate surface area is 102 Å². The lowest BCUT2D eigenvalue weighted by atomic mass is 10.0. The lowest BCUT2D eigenvalue weighted by molar-refractivity contribution is 1.16. The molecule has 0 aromatic heterocycles. The molecule has 0 spiro atoms. The van der Waals surface area contributed by atoms with Crippen LogP contribution in [0.4, 0.5) is 0 Å². The van der Waals surface area contributed by atoms with E-state index in [1.807, 2.05) is 0 Å². The van der Waals surface area contributed by atoms with Gasteiger partial charge in [-0.2, -0.15) is 0 Å². The maximum absolute atomic E-state index is 6.14. The standard InChI is InChI=1S/C16H15N/c17-16-11-13-8-4-5-9-14(13)15(16)10-12-6-2-1-3-7-12/h1-6,8-10H,7,11,17H2/b12-10-. The van der Waals surface area contributed by atoms with Crippen LogP contribution in [0.25, 0.3) is 5.57 Å². The molecule has 0 fully saturated rings. The van der Waals surface area contributed by atoms with Crippen molar-refractivity contribution in [3.63, 3.8) is 0 Å². The molecule has 0 radical (unpaired) electrons. The molecule has 0 heterocycles. The van der Waals surface area contributed by atoms with Gasteiger partial charge in [-0.1, -0.05) is 48.6 Å². The summed E-state index contributed by atoms with van der Waals surface area (Å²) in [5.41, 5.74) is 12.3. The van der Waals surface area contributed by atoms with Crippen molar-refractivity contribution in [3.05, 3.63) is 77.0 Å². The van der Waals surface area contributed by atoms with Crippen LogP contribution >= 0.6 is 0 Å². The maximum Gasteiger partial charge on any atom is 0.0205 e. The quantitative estimate of drug-likeness (QED) is 0.773. The van der Waals surface area contributed by atoms with E-state index in [9.17, 15) is 0 Å². The van der Waals surface area contributed by atoms with Crippen molar-refractivity contribution in [2.24, 2.45) is 5.73 Å². The predicted octanol–water partition coefficient (Wildman–Crippen LogP) is 3.36. The molecule has 0 amide bonds. The maximum atomic E-state index is 6.14. The van der Waals surface area contributed by atoms with Crippen LogP contribution in [0.1, 0.15) is 17.5 Å². The van der Waals surface area contributed by atoms with Crippen molar-refractivity contribution in [2.75, 3.05) is 0 Å². The fraction of sp³-hybridized carbons (Fsp3) is 0.125. The highest BCUT2D eigenvalue weighted by Gasteiger charge is 2.17. The zero-order valence-corrected chi connectivity index (χ0v) is 9.69. The first-order chi connectivity index (χ1) is 8.34. The SMILES string of the molecule is NC1=C(/C=C2/C=CC=CC2)c2ccccc2C1. The molecule has 0 bridgehead atoms. The van der Waals surface area contributed by atoms with Gasteiger partial charge in [0.2, 0.25) is 0 Å². The van der Waals surface area contributed by atoms with E-state index in [0.717, 1.165) is 18.5 Å². The van der Waals surface area contributed by atoms with Crippen molar-refractivity contribution in [2.45, 2.75) is 12.8 Å². The number of hydrogen-bond donors (Lipinski definition) is 1. The normalized spacial score (nSPS) is 20.1. The molecular weight excluding hydrogens is 206 g/mol. The summed E-state index contributed by atoms with van der Waals surface area (Å²) in [7, 11) is 0. The Morgan fingerprint density at radius 3 is 2.82 bits per heavy atom. The van der Waals surface area contributed by atoms with Gasteiger partial charge in [-0.15, -0.1) is 0 Å². The van der Waals surface area contributed by atoms with Crippen LogP contribution in [0.5, 0.6) is 0 Å². The van der Waals surface area contributed by atoms with Gasteiger partial charge < -0.3 is 5.73 Å². The molecule has 2 aliphatic rings. The van der Waals surface area contributed by atoms with Gasteiger partial charge in [0, 0.05) is 17.7 Å². The monoisotopic (exact) mass is 221 g/mol. The highest BCUT2D eigenvalue weighted by Crippen LogP contribution is 2.32. The molecule has 0 atom stereocenters. The lowest BCUT2D eigenvalue weighted by Crippen LogP contribution is -1.97. The number of benzene rings is 1. The predicted molar refractivity (Wildman–Crippen MR) is 72.2 cm³/mol. The summed E-state index contributed by atoms with van der Waals surface area (Å²) in [6, 6.07) is 8.46. The molecule has 3 rings (SSSR count). The summed E-state index contributed by atoms with van der Waals surface area (Å²) in [4.78, 5) is 0. The van der Waals surface area contributed by atoms with Gasteiger partial charge >= 0.3 is 0 Å². The van der Waals surface area contributed by atoms with E-state index in [1.165, 1.54) is 22.3 Å². The summed E-state index contributed by atoms with van der Waals surface area (Å²) in [6.45, 7) is 0. The van der Waals surface area contributed by atoms with Crippen LogP contribution in [-0.4, -0.2) is 0 Å². The second kappa shape index (κ2) is 4.10. The molecule has 84 valence electrons. The molecule has 1 nitrogen and oxygen atoms in total. The third-order valence-corrected chi connectivity index (χ3v) is 3.28. The zero-order chi connectivity index (χ0) is 11.7. The smallest absolute Gasteiger partial charge is 0.0205 e. The molecule has 0 aliphatic heterocycles. The second-order valence-electron chi connectivity index (χ2n) is 4.48. The van der Waals surface area contributed by atoms with E-state index in [1.54, 1.807) is 0 Å². The molecule has 1 heteroatoms. The van der Waals surface area contributed by atoms with Crippen LogP contribution in [0.2, 0.25) is 0 Å². The van der Waals surface area contributed by atoms with Gasteiger partial charge in [0.25, 0.3) is 0 Å². The summed E-state index contributed by atoms with van der Waals surface area (Å²) in [5.74, 6) is 0. The number of fused-ring (bicyclic) bond motifs is 1. The highest BCUT2D eigenvalue weighted by molar-refractivity contribution is 5.83. The molecule has 0 unspecified atom stereocenters. The van der Waals surface area contributed by atoms with Gasteiger partial charge in [0.1, 0.15) is 0 Å². The molecular formula is C16H15N. The van der Waals surface area contributed by atoms with Gasteiger partial charge in [0.05, 0.1) is 0 Å². The van der Waals surface area contributed by atoms with E-state index in [4.69, 9.17) is 5.73 Å². The van der Waals surface area contributed by atoms with Crippen molar-refractivity contribution in [1.29, 1.82) is 0 Å². The first-order valence-corrected chi connectivity index (χ1v) is 5.95. The number of rotatable bonds is 1. The topological polar surface area (TPSA) is 26.0 Å². The van der Waals surface area contributed by atoms with Crippen LogP contribution in [0.15, 0.2) is 65.9 Å². The molecule has 1 aromatic rings. The summed E-state index contributed by atoms with van der Waals surface area (Å²) >= 11 is 0. The minimum Gasteiger partial charge on any atom is -0.401 e. The number of allylic oxidation sites excluding steroid dienone is 8. The van der Waals surface area contributed by atoms with Gasteiger partial charge in [-0.25, -0.2) is 0 Å². The Morgan fingerprint density at radius 2 is 2.00 bits per heavy atom. The highest BCUT2D eigenvalue weighted by atomic mass is 14.6. The molecule has 1 aromatic carbocycles. The minimum absolute atomic E-state index is 0.884. The van der Waals surface area contributed by atoms with Crippen LogP contribution < -0.4 is 5.73 Å². The van der Waals surface area contributed by atoms with E-state index in [-0.39, 0.29) is 0 Å². The van der Waals surface area contributed by atoms with Crippen molar-refractivity contribution >= 4 is 5.57 Å². The lowest BCUT2D eigenvalue weighted by Gasteiger charge is -2.05. The Kier molecular flexibility index (Phi) is 2.45. The van der Waals surface area contributed by atoms with Gasteiger partial charge in [-0.3, -0.25) is 0 Å². The molecule has 0 saturated carbocycles. The molecule has 2 aliphatic carbocycles. The molecule has 2 N–H and O–H groups in total. The average Bonchev–Trinajstić information content (AvgIpc) is 2.68. The fourth-order valence-electron chi connectivity index (χ4n) is 2.40. The molecule has 17 heavy (non-hydrogen) atoms. The third-order valence-electron chi connectivity index (χ3n) is 3.28. The van der Waals surface area contributed by atoms with Crippen LogP contribution in [-0.2, 0) is 6.42 Å². The Morgan fingerprint density at radius 1 is 1.12 bits per heavy atom.